The number of nitrogens with two attached hydrogens (primary N) is 1. The van der Waals surface area contributed by atoms with Crippen molar-refractivity contribution in [2.24, 2.45) is 17.6 Å². The molecule has 0 radical (unpaired) electrons. The summed E-state index contributed by atoms with van der Waals surface area (Å²) in [5.41, 5.74) is 6.20. The smallest absolute Gasteiger partial charge is 0.229 e. The first kappa shape index (κ1) is 14.5. The number of hydrogen-bond acceptors (Lipinski definition) is 2. The molecule has 1 rings (SSSR count). The molecule has 1 amide bonds. The number of anilines is 1. The molecule has 0 aromatic heterocycles. The van der Waals surface area contributed by atoms with Crippen molar-refractivity contribution < 1.29 is 4.79 Å². The summed E-state index contributed by atoms with van der Waals surface area (Å²) >= 11 is 9.34. The van der Waals surface area contributed by atoms with Gasteiger partial charge in [0.05, 0.1) is 16.6 Å². The van der Waals surface area contributed by atoms with Crippen molar-refractivity contribution in [3.05, 3.63) is 27.7 Å². The molecule has 1 unspecified atom stereocenters. The van der Waals surface area contributed by atoms with Gasteiger partial charge in [0, 0.05) is 11.0 Å². The highest BCUT2D eigenvalue weighted by molar-refractivity contribution is 9.10. The van der Waals surface area contributed by atoms with Crippen LogP contribution in [0.25, 0.3) is 0 Å². The number of carbonyl (C=O) groups is 1. The molecule has 0 saturated heterocycles. The number of halogens is 2. The van der Waals surface area contributed by atoms with E-state index in [0.29, 0.717) is 17.3 Å². The van der Waals surface area contributed by atoms with Gasteiger partial charge in [-0.25, -0.2) is 0 Å². The Morgan fingerprint density at radius 2 is 2.18 bits per heavy atom. The van der Waals surface area contributed by atoms with Crippen molar-refractivity contribution in [3.63, 3.8) is 0 Å². The summed E-state index contributed by atoms with van der Waals surface area (Å²) < 4.78 is 0.875. The predicted octanol–water partition coefficient (Wildman–Crippen LogP) is 3.27. The minimum atomic E-state index is -0.199. The van der Waals surface area contributed by atoms with E-state index in [2.05, 4.69) is 21.2 Å². The number of nitrogens with one attached hydrogen (secondary N) is 1. The van der Waals surface area contributed by atoms with Crippen molar-refractivity contribution in [2.75, 3.05) is 11.9 Å². The van der Waals surface area contributed by atoms with Crippen LogP contribution in [0.3, 0.4) is 0 Å². The number of amides is 1. The molecule has 94 valence electrons. The maximum absolute atomic E-state index is 12.0. The SMILES string of the molecule is CC(C)C(CN)C(=O)Nc1ccc(Br)cc1Cl. The third-order valence-corrected chi connectivity index (χ3v) is 3.39. The lowest BCUT2D eigenvalue weighted by Crippen LogP contribution is -2.33. The summed E-state index contributed by atoms with van der Waals surface area (Å²) in [5, 5.41) is 3.30. The highest BCUT2D eigenvalue weighted by Crippen LogP contribution is 2.26. The number of rotatable bonds is 4. The summed E-state index contributed by atoms with van der Waals surface area (Å²) in [6.45, 7) is 4.28. The summed E-state index contributed by atoms with van der Waals surface area (Å²) in [5.74, 6) is -0.0874. The maximum Gasteiger partial charge on any atom is 0.229 e. The van der Waals surface area contributed by atoms with Gasteiger partial charge >= 0.3 is 0 Å². The van der Waals surface area contributed by atoms with Crippen LogP contribution in [-0.4, -0.2) is 12.5 Å². The minimum Gasteiger partial charge on any atom is -0.330 e. The Hall–Kier alpha value is -0.580. The summed E-state index contributed by atoms with van der Waals surface area (Å²) in [6, 6.07) is 5.33. The number of benzene rings is 1. The average molecular weight is 320 g/mol. The molecule has 0 bridgehead atoms. The van der Waals surface area contributed by atoms with E-state index in [4.69, 9.17) is 17.3 Å². The largest absolute Gasteiger partial charge is 0.330 e. The Morgan fingerprint density at radius 1 is 1.53 bits per heavy atom. The molecule has 1 aromatic rings. The molecule has 0 aliphatic heterocycles. The molecule has 17 heavy (non-hydrogen) atoms. The van der Waals surface area contributed by atoms with Crippen molar-refractivity contribution in [2.45, 2.75) is 13.8 Å². The lowest BCUT2D eigenvalue weighted by Gasteiger charge is -2.18. The van der Waals surface area contributed by atoms with Crippen LogP contribution in [0.1, 0.15) is 13.8 Å². The number of hydrogen-bond donors (Lipinski definition) is 2. The van der Waals surface area contributed by atoms with Crippen LogP contribution >= 0.6 is 27.5 Å². The van der Waals surface area contributed by atoms with Gasteiger partial charge in [-0.2, -0.15) is 0 Å². The summed E-state index contributed by atoms with van der Waals surface area (Å²) in [6.07, 6.45) is 0. The molecule has 5 heteroatoms. The number of carbonyl (C=O) groups excluding carboxylic acids is 1. The molecule has 0 heterocycles. The third-order valence-electron chi connectivity index (χ3n) is 2.58. The Bertz CT molecular complexity index is 409. The first-order valence-corrected chi connectivity index (χ1v) is 6.58. The first-order chi connectivity index (χ1) is 7.95. The van der Waals surface area contributed by atoms with Crippen molar-refractivity contribution in [1.82, 2.24) is 0 Å². The molecule has 3 nitrogen and oxygen atoms in total. The van der Waals surface area contributed by atoms with Crippen LogP contribution < -0.4 is 11.1 Å². The van der Waals surface area contributed by atoms with Crippen LogP contribution in [0, 0.1) is 11.8 Å². The zero-order chi connectivity index (χ0) is 13.0. The third kappa shape index (κ3) is 3.98. The maximum atomic E-state index is 12.0. The lowest BCUT2D eigenvalue weighted by atomic mass is 9.95. The second kappa shape index (κ2) is 6.38. The highest BCUT2D eigenvalue weighted by Gasteiger charge is 2.21. The van der Waals surface area contributed by atoms with Crippen LogP contribution in [0.4, 0.5) is 5.69 Å². The Kier molecular flexibility index (Phi) is 5.43. The molecular formula is C12H16BrClN2O. The lowest BCUT2D eigenvalue weighted by molar-refractivity contribution is -0.120. The quantitative estimate of drug-likeness (QED) is 0.895. The zero-order valence-corrected chi connectivity index (χ0v) is 12.2. The van der Waals surface area contributed by atoms with E-state index < -0.39 is 0 Å². The topological polar surface area (TPSA) is 55.1 Å². The zero-order valence-electron chi connectivity index (χ0n) is 9.84. The van der Waals surface area contributed by atoms with E-state index in [1.54, 1.807) is 12.1 Å². The normalized spacial score (nSPS) is 12.6. The molecule has 0 fully saturated rings. The van der Waals surface area contributed by atoms with Crippen molar-refractivity contribution in [3.8, 4) is 0 Å². The van der Waals surface area contributed by atoms with E-state index in [9.17, 15) is 4.79 Å². The Labute approximate surface area is 115 Å². The van der Waals surface area contributed by atoms with Gasteiger partial charge in [-0.15, -0.1) is 0 Å². The van der Waals surface area contributed by atoms with Crippen LogP contribution in [-0.2, 0) is 4.79 Å². The Balaban J connectivity index is 2.80. The minimum absolute atomic E-state index is 0.0910. The average Bonchev–Trinajstić information content (AvgIpc) is 2.22. The molecule has 0 aliphatic carbocycles. The highest BCUT2D eigenvalue weighted by atomic mass is 79.9. The van der Waals surface area contributed by atoms with E-state index >= 15 is 0 Å². The molecule has 0 aliphatic rings. The van der Waals surface area contributed by atoms with Gasteiger partial charge in [-0.3, -0.25) is 4.79 Å². The second-order valence-electron chi connectivity index (χ2n) is 4.20. The van der Waals surface area contributed by atoms with Gasteiger partial charge in [-0.05, 0) is 24.1 Å². The fraction of sp³-hybridized carbons (Fsp3) is 0.417. The standard InChI is InChI=1S/C12H16BrClN2O/c1-7(2)9(6-15)12(17)16-11-4-3-8(13)5-10(11)14/h3-5,7,9H,6,15H2,1-2H3,(H,16,17). The summed E-state index contributed by atoms with van der Waals surface area (Å²) in [4.78, 5) is 12.0. The van der Waals surface area contributed by atoms with Gasteiger partial charge in [0.15, 0.2) is 0 Å². The molecule has 0 spiro atoms. The van der Waals surface area contributed by atoms with Gasteiger partial charge in [0.2, 0.25) is 5.91 Å². The molecule has 1 atom stereocenters. The second-order valence-corrected chi connectivity index (χ2v) is 5.52. The van der Waals surface area contributed by atoms with Crippen LogP contribution in [0.5, 0.6) is 0 Å². The monoisotopic (exact) mass is 318 g/mol. The van der Waals surface area contributed by atoms with E-state index in [-0.39, 0.29) is 17.7 Å². The summed E-state index contributed by atoms with van der Waals surface area (Å²) in [7, 11) is 0. The molecule has 1 aromatic carbocycles. The van der Waals surface area contributed by atoms with E-state index in [1.165, 1.54) is 0 Å². The first-order valence-electron chi connectivity index (χ1n) is 5.41. The molecule has 0 saturated carbocycles. The van der Waals surface area contributed by atoms with Gasteiger partial charge in [0.1, 0.15) is 0 Å². The van der Waals surface area contributed by atoms with Gasteiger partial charge < -0.3 is 11.1 Å². The van der Waals surface area contributed by atoms with E-state index in [0.717, 1.165) is 4.47 Å². The molecule has 3 N–H and O–H groups in total. The van der Waals surface area contributed by atoms with Crippen molar-refractivity contribution >= 4 is 39.1 Å². The van der Waals surface area contributed by atoms with Crippen LogP contribution in [0.2, 0.25) is 5.02 Å². The fourth-order valence-corrected chi connectivity index (χ4v) is 2.22. The Morgan fingerprint density at radius 3 is 2.65 bits per heavy atom. The van der Waals surface area contributed by atoms with E-state index in [1.807, 2.05) is 19.9 Å². The van der Waals surface area contributed by atoms with Crippen molar-refractivity contribution in [1.29, 1.82) is 0 Å². The predicted molar refractivity (Wildman–Crippen MR) is 75.2 cm³/mol. The van der Waals surface area contributed by atoms with Gasteiger partial charge in [-0.1, -0.05) is 41.4 Å². The van der Waals surface area contributed by atoms with Gasteiger partial charge in [0.25, 0.3) is 0 Å². The molecular weight excluding hydrogens is 304 g/mol. The van der Waals surface area contributed by atoms with Crippen LogP contribution in [0.15, 0.2) is 22.7 Å². The fourth-order valence-electron chi connectivity index (χ4n) is 1.50.